The molecule has 0 N–H and O–H groups in total. The van der Waals surface area contributed by atoms with Crippen molar-refractivity contribution in [2.24, 2.45) is 0 Å². The highest BCUT2D eigenvalue weighted by Crippen LogP contribution is 2.54. The summed E-state index contributed by atoms with van der Waals surface area (Å²) in [6, 6.07) is 71.7. The van der Waals surface area contributed by atoms with Crippen LogP contribution in [0.4, 0.5) is 17.1 Å². The van der Waals surface area contributed by atoms with Crippen LogP contribution in [0.25, 0.3) is 56.7 Å². The van der Waals surface area contributed by atoms with Gasteiger partial charge in [-0.1, -0.05) is 202 Å². The molecule has 1 nitrogen and oxygen atoms in total. The summed E-state index contributed by atoms with van der Waals surface area (Å²) in [5.41, 5.74) is 18.9. The minimum Gasteiger partial charge on any atom is -0.310 e. The minimum absolute atomic E-state index is 0.0629. The summed E-state index contributed by atoms with van der Waals surface area (Å²) in [5.74, 6) is 0. The summed E-state index contributed by atoms with van der Waals surface area (Å²) in [6.45, 7) is 11.9. The molecular weight excluding hydrogens is 739 g/mol. The molecule has 0 fully saturated rings. The Labute approximate surface area is 358 Å². The topological polar surface area (TPSA) is 3.24 Å². The van der Waals surface area contributed by atoms with Gasteiger partial charge < -0.3 is 4.90 Å². The van der Waals surface area contributed by atoms with Gasteiger partial charge in [-0.15, -0.1) is 0 Å². The summed E-state index contributed by atoms with van der Waals surface area (Å²) in [6.07, 6.45) is 6.62. The molecule has 0 spiro atoms. The Morgan fingerprint density at radius 1 is 0.400 bits per heavy atom. The van der Waals surface area contributed by atoms with Gasteiger partial charge in [-0.25, -0.2) is 0 Å². The van der Waals surface area contributed by atoms with Gasteiger partial charge in [-0.2, -0.15) is 0 Å². The zero-order chi connectivity index (χ0) is 41.3. The number of para-hydroxylation sites is 2. The Morgan fingerprint density at radius 3 is 1.48 bits per heavy atom. The summed E-state index contributed by atoms with van der Waals surface area (Å²) in [4.78, 5) is 2.38. The van der Waals surface area contributed by atoms with Gasteiger partial charge in [0.25, 0.3) is 0 Å². The molecule has 0 amide bonds. The molecule has 1 aliphatic rings. The molecular formula is C58H53NSi. The van der Waals surface area contributed by atoms with Gasteiger partial charge in [-0.3, -0.25) is 0 Å². The van der Waals surface area contributed by atoms with Gasteiger partial charge in [0.15, 0.2) is 0 Å². The average molecular weight is 792 g/mol. The van der Waals surface area contributed by atoms with Crippen LogP contribution in [0.5, 0.6) is 0 Å². The zero-order valence-corrected chi connectivity index (χ0v) is 36.5. The largest absolute Gasteiger partial charge is 0.310 e. The van der Waals surface area contributed by atoms with Crippen LogP contribution in [0.2, 0.25) is 19.6 Å². The van der Waals surface area contributed by atoms with Crippen molar-refractivity contribution in [3.63, 3.8) is 0 Å². The Bertz CT molecular complexity index is 2730. The molecule has 294 valence electrons. The van der Waals surface area contributed by atoms with Crippen LogP contribution >= 0.6 is 0 Å². The monoisotopic (exact) mass is 791 g/mol. The van der Waals surface area contributed by atoms with Crippen molar-refractivity contribution in [1.82, 2.24) is 0 Å². The first-order valence-corrected chi connectivity index (χ1v) is 25.0. The fraction of sp³-hybridized carbons (Fsp3) is 0.138. The lowest BCUT2D eigenvalue weighted by atomic mass is 9.73. The molecule has 0 unspecified atom stereocenters. The van der Waals surface area contributed by atoms with Crippen molar-refractivity contribution < 1.29 is 0 Å². The van der Waals surface area contributed by atoms with E-state index in [9.17, 15) is 0 Å². The number of benzene rings is 8. The molecule has 0 heterocycles. The molecule has 9 rings (SSSR count). The van der Waals surface area contributed by atoms with E-state index >= 15 is 0 Å². The predicted octanol–water partition coefficient (Wildman–Crippen LogP) is 16.0. The van der Waals surface area contributed by atoms with Gasteiger partial charge in [0, 0.05) is 22.5 Å². The Hall–Kier alpha value is -6.48. The molecule has 2 heteroatoms. The van der Waals surface area contributed by atoms with Crippen LogP contribution in [0.3, 0.4) is 0 Å². The normalized spacial score (nSPS) is 12.9. The highest BCUT2D eigenvalue weighted by atomic mass is 28.3. The molecule has 8 aromatic rings. The number of nitrogens with zero attached hydrogens (tertiary/aromatic N) is 1. The lowest BCUT2D eigenvalue weighted by Crippen LogP contribution is -2.37. The molecule has 0 saturated carbocycles. The molecule has 0 aliphatic heterocycles. The fourth-order valence-corrected chi connectivity index (χ4v) is 10.5. The SMILES string of the molecule is CCC1(CC)c2cc(/C=C/c3ccc(-c4cc(-c5ccc([Si](C)(C)C)cc5)ccc4-c4ccccc4)cc3)ccc2-c2ccc(N(c3ccccc3)c3ccccc3)cc21. The molecule has 1 aliphatic carbocycles. The maximum Gasteiger partial charge on any atom is 0.0775 e. The third-order valence-corrected chi connectivity index (χ3v) is 14.8. The van der Waals surface area contributed by atoms with E-state index in [0.717, 1.165) is 24.2 Å². The first-order valence-electron chi connectivity index (χ1n) is 21.5. The van der Waals surface area contributed by atoms with Crippen molar-refractivity contribution in [2.45, 2.75) is 51.7 Å². The van der Waals surface area contributed by atoms with Gasteiger partial charge >= 0.3 is 0 Å². The van der Waals surface area contributed by atoms with E-state index in [1.807, 2.05) is 0 Å². The van der Waals surface area contributed by atoms with E-state index in [4.69, 9.17) is 0 Å². The van der Waals surface area contributed by atoms with E-state index in [1.165, 1.54) is 77.6 Å². The number of anilines is 3. The maximum atomic E-state index is 2.46. The summed E-state index contributed by atoms with van der Waals surface area (Å²) < 4.78 is 0. The van der Waals surface area contributed by atoms with Crippen molar-refractivity contribution in [2.75, 3.05) is 4.90 Å². The summed E-state index contributed by atoms with van der Waals surface area (Å²) in [5, 5.41) is 1.49. The minimum atomic E-state index is -1.37. The Morgan fingerprint density at radius 2 is 0.883 bits per heavy atom. The third kappa shape index (κ3) is 7.37. The van der Waals surface area contributed by atoms with Gasteiger partial charge in [0.1, 0.15) is 0 Å². The first-order chi connectivity index (χ1) is 29.3. The van der Waals surface area contributed by atoms with Crippen molar-refractivity contribution in [3.05, 3.63) is 216 Å². The smallest absolute Gasteiger partial charge is 0.0775 e. The van der Waals surface area contributed by atoms with E-state index < -0.39 is 8.07 Å². The molecule has 0 saturated heterocycles. The molecule has 8 aromatic carbocycles. The van der Waals surface area contributed by atoms with E-state index in [1.54, 1.807) is 0 Å². The van der Waals surface area contributed by atoms with Crippen LogP contribution < -0.4 is 10.1 Å². The van der Waals surface area contributed by atoms with Crippen LogP contribution in [-0.2, 0) is 5.41 Å². The standard InChI is InChI=1S/C58H53NSi/c1-6-58(7-2)56-39-43(27-36-53(56)54-38-33-50(41-57(54)58)59(48-19-13-9-14-20-48)49-21-15-10-16-22-49)24-23-42-25-28-46(29-26-42)55-40-47(32-37-52(55)45-17-11-8-12-18-45)44-30-34-51(35-31-44)60(3,4)5/h8-41H,6-7H2,1-5H3/b24-23+. The fourth-order valence-electron chi connectivity index (χ4n) is 9.32. The third-order valence-electron chi connectivity index (χ3n) is 12.7. The first kappa shape index (κ1) is 39.0. The van der Waals surface area contributed by atoms with Gasteiger partial charge in [-0.05, 0) is 122 Å². The van der Waals surface area contributed by atoms with Crippen molar-refractivity contribution in [3.8, 4) is 44.5 Å². The number of fused-ring (bicyclic) bond motifs is 3. The van der Waals surface area contributed by atoms with Gasteiger partial charge in [0.2, 0.25) is 0 Å². The predicted molar refractivity (Wildman–Crippen MR) is 263 cm³/mol. The quantitative estimate of drug-likeness (QED) is 0.0932. The molecule has 0 aromatic heterocycles. The van der Waals surface area contributed by atoms with Crippen LogP contribution in [-0.4, -0.2) is 8.07 Å². The van der Waals surface area contributed by atoms with E-state index in [2.05, 4.69) is 245 Å². The molecule has 60 heavy (non-hydrogen) atoms. The van der Waals surface area contributed by atoms with Crippen LogP contribution in [0.1, 0.15) is 48.9 Å². The molecule has 0 radical (unpaired) electrons. The Balaban J connectivity index is 1.02. The zero-order valence-electron chi connectivity index (χ0n) is 35.5. The Kier molecular flexibility index (Phi) is 10.6. The van der Waals surface area contributed by atoms with Gasteiger partial charge in [0.05, 0.1) is 8.07 Å². The van der Waals surface area contributed by atoms with E-state index in [0.29, 0.717) is 0 Å². The molecule has 0 atom stereocenters. The van der Waals surface area contributed by atoms with Crippen molar-refractivity contribution >= 4 is 42.5 Å². The van der Waals surface area contributed by atoms with E-state index in [-0.39, 0.29) is 5.41 Å². The highest BCUT2D eigenvalue weighted by Gasteiger charge is 2.41. The lowest BCUT2D eigenvalue weighted by Gasteiger charge is -2.32. The molecule has 0 bridgehead atoms. The van der Waals surface area contributed by atoms with Crippen LogP contribution in [0, 0.1) is 0 Å². The van der Waals surface area contributed by atoms with Crippen LogP contribution in [0.15, 0.2) is 194 Å². The summed E-state index contributed by atoms with van der Waals surface area (Å²) in [7, 11) is -1.37. The second kappa shape index (κ2) is 16.3. The number of rotatable bonds is 11. The second-order valence-electron chi connectivity index (χ2n) is 17.2. The number of hydrogen-bond donors (Lipinski definition) is 0. The highest BCUT2D eigenvalue weighted by molar-refractivity contribution is 6.88. The average Bonchev–Trinajstić information content (AvgIpc) is 3.57. The second-order valence-corrected chi connectivity index (χ2v) is 22.3. The van der Waals surface area contributed by atoms with Crippen molar-refractivity contribution in [1.29, 1.82) is 0 Å². The number of hydrogen-bond acceptors (Lipinski definition) is 1. The summed E-state index contributed by atoms with van der Waals surface area (Å²) >= 11 is 0. The lowest BCUT2D eigenvalue weighted by molar-refractivity contribution is 0.490. The maximum absolute atomic E-state index is 2.46.